The molecule has 0 spiro atoms. The summed E-state index contributed by atoms with van der Waals surface area (Å²) < 4.78 is 12.6. The average Bonchev–Trinajstić information content (AvgIpc) is 3.03. The molecule has 5 atom stereocenters. The highest BCUT2D eigenvalue weighted by Crippen LogP contribution is 2.67. The SMILES string of the molecule is C.C.C.C=CC[C@]1(O)CC[C@H]2[C@@H]3CCC4=CC(=O)CCC4=C3[C@@H](c3ccc(P(C)(C)=O)cc3)C[C@@]21C.S.S.S. The van der Waals surface area contributed by atoms with Gasteiger partial charge in [-0.25, -0.2) is 0 Å². The molecule has 0 saturated heterocycles. The summed E-state index contributed by atoms with van der Waals surface area (Å²) in [7, 11) is -2.31. The van der Waals surface area contributed by atoms with Crippen LogP contribution in [0.25, 0.3) is 0 Å². The molecule has 39 heavy (non-hydrogen) atoms. The second-order valence-electron chi connectivity index (χ2n) is 11.5. The first kappa shape index (κ1) is 40.5. The van der Waals surface area contributed by atoms with E-state index in [4.69, 9.17) is 0 Å². The fourth-order valence-electron chi connectivity index (χ4n) is 7.69. The van der Waals surface area contributed by atoms with E-state index in [1.54, 1.807) is 0 Å². The number of hydrogen-bond donors (Lipinski definition) is 1. The summed E-state index contributed by atoms with van der Waals surface area (Å²) in [6, 6.07) is 8.42. The van der Waals surface area contributed by atoms with Crippen LogP contribution >= 0.6 is 47.6 Å². The molecule has 2 saturated carbocycles. The zero-order valence-electron chi connectivity index (χ0n) is 21.8. The maximum Gasteiger partial charge on any atom is 0.156 e. The van der Waals surface area contributed by atoms with Crippen molar-refractivity contribution in [2.24, 2.45) is 17.3 Å². The largest absolute Gasteiger partial charge is 0.389 e. The second-order valence-corrected chi connectivity index (χ2v) is 14.7. The minimum Gasteiger partial charge on any atom is -0.389 e. The Morgan fingerprint density at radius 2 is 1.64 bits per heavy atom. The number of carbonyl (C=O) groups excluding carboxylic acids is 1. The Labute approximate surface area is 260 Å². The van der Waals surface area contributed by atoms with E-state index in [2.05, 4.69) is 25.6 Å². The molecule has 0 unspecified atom stereocenters. The number of allylic oxidation sites excluding steroid dienone is 4. The van der Waals surface area contributed by atoms with Crippen LogP contribution in [0, 0.1) is 17.3 Å². The molecule has 1 aromatic carbocycles. The second kappa shape index (κ2) is 14.5. The van der Waals surface area contributed by atoms with Gasteiger partial charge in [-0.3, -0.25) is 4.79 Å². The van der Waals surface area contributed by atoms with Crippen LogP contribution < -0.4 is 5.30 Å². The van der Waals surface area contributed by atoms with Gasteiger partial charge in [-0.2, -0.15) is 40.5 Å². The van der Waals surface area contributed by atoms with Crippen molar-refractivity contribution in [2.45, 2.75) is 92.1 Å². The molecule has 3 nitrogen and oxygen atoms in total. The van der Waals surface area contributed by atoms with Gasteiger partial charge in [0.15, 0.2) is 5.78 Å². The minimum atomic E-state index is -2.31. The molecule has 224 valence electrons. The smallest absolute Gasteiger partial charge is 0.156 e. The third-order valence-corrected chi connectivity index (χ3v) is 11.0. The quantitative estimate of drug-likeness (QED) is 0.274. The van der Waals surface area contributed by atoms with Gasteiger partial charge in [0.1, 0.15) is 7.14 Å². The van der Waals surface area contributed by atoms with E-state index in [-0.39, 0.29) is 79.9 Å². The summed E-state index contributed by atoms with van der Waals surface area (Å²) in [6.45, 7) is 9.91. The Morgan fingerprint density at radius 1 is 1.03 bits per heavy atom. The highest BCUT2D eigenvalue weighted by atomic mass is 32.1. The van der Waals surface area contributed by atoms with Crippen LogP contribution in [0.2, 0.25) is 0 Å². The van der Waals surface area contributed by atoms with Gasteiger partial charge in [-0.15, -0.1) is 6.58 Å². The molecule has 0 amide bonds. The zero-order valence-corrected chi connectivity index (χ0v) is 25.7. The fourth-order valence-corrected chi connectivity index (χ4v) is 8.56. The van der Waals surface area contributed by atoms with Crippen molar-refractivity contribution in [3.05, 3.63) is 65.3 Å². The van der Waals surface area contributed by atoms with Crippen molar-refractivity contribution in [1.29, 1.82) is 0 Å². The lowest BCUT2D eigenvalue weighted by atomic mass is 9.51. The number of ketones is 1. The lowest BCUT2D eigenvalue weighted by Gasteiger charge is -2.55. The van der Waals surface area contributed by atoms with Crippen molar-refractivity contribution in [3.8, 4) is 0 Å². The molecule has 0 heterocycles. The molecule has 0 aromatic heterocycles. The van der Waals surface area contributed by atoms with E-state index < -0.39 is 12.7 Å². The minimum absolute atomic E-state index is 0. The van der Waals surface area contributed by atoms with Crippen molar-refractivity contribution < 1.29 is 14.5 Å². The normalized spacial score (nSPS) is 30.5. The van der Waals surface area contributed by atoms with Crippen molar-refractivity contribution in [2.75, 3.05) is 13.3 Å². The number of benzene rings is 1. The van der Waals surface area contributed by atoms with E-state index in [9.17, 15) is 14.5 Å². The molecular weight excluding hydrogens is 560 g/mol. The average molecular weight is 615 g/mol. The van der Waals surface area contributed by atoms with Gasteiger partial charge in [0.25, 0.3) is 0 Å². The molecular formula is C32H55O3PS3. The summed E-state index contributed by atoms with van der Waals surface area (Å²) in [5, 5.41) is 12.8. The van der Waals surface area contributed by atoms with Crippen LogP contribution in [0.15, 0.2) is 59.7 Å². The summed E-state index contributed by atoms with van der Waals surface area (Å²) >= 11 is 0. The van der Waals surface area contributed by atoms with Gasteiger partial charge in [-0.1, -0.05) is 65.1 Å². The lowest BCUT2D eigenvalue weighted by Crippen LogP contribution is -2.51. The predicted octanol–water partition coefficient (Wildman–Crippen LogP) is 8.39. The first-order valence-corrected chi connectivity index (χ1v) is 15.1. The highest BCUT2D eigenvalue weighted by molar-refractivity contribution is 7.70. The Hall–Kier alpha value is -0.650. The van der Waals surface area contributed by atoms with Crippen molar-refractivity contribution in [3.63, 3.8) is 0 Å². The fraction of sp³-hybridized carbons (Fsp3) is 0.594. The van der Waals surface area contributed by atoms with Gasteiger partial charge in [0.2, 0.25) is 0 Å². The van der Waals surface area contributed by atoms with Crippen LogP contribution in [0.5, 0.6) is 0 Å². The van der Waals surface area contributed by atoms with Gasteiger partial charge in [-0.05, 0) is 92.9 Å². The summed E-state index contributed by atoms with van der Waals surface area (Å²) in [4.78, 5) is 12.2. The lowest BCUT2D eigenvalue weighted by molar-refractivity contribution is -0.114. The summed E-state index contributed by atoms with van der Waals surface area (Å²) in [5.74, 6) is 1.40. The predicted molar refractivity (Wildman–Crippen MR) is 187 cm³/mol. The third-order valence-electron chi connectivity index (χ3n) is 9.46. The maximum atomic E-state index is 12.6. The van der Waals surface area contributed by atoms with Crippen LogP contribution in [-0.2, 0) is 9.36 Å². The highest BCUT2D eigenvalue weighted by Gasteiger charge is 2.62. The van der Waals surface area contributed by atoms with E-state index in [0.29, 0.717) is 24.7 Å². The first-order valence-electron chi connectivity index (χ1n) is 12.5. The maximum absolute atomic E-state index is 12.6. The molecule has 1 N–H and O–H groups in total. The van der Waals surface area contributed by atoms with Crippen molar-refractivity contribution in [1.82, 2.24) is 0 Å². The van der Waals surface area contributed by atoms with Crippen LogP contribution in [0.4, 0.5) is 0 Å². The van der Waals surface area contributed by atoms with Crippen molar-refractivity contribution >= 4 is 58.7 Å². The van der Waals surface area contributed by atoms with Crippen LogP contribution in [-0.4, -0.2) is 29.8 Å². The molecule has 4 aliphatic carbocycles. The number of carbonyl (C=O) groups is 1. The van der Waals surface area contributed by atoms with E-state index in [1.807, 2.05) is 37.6 Å². The summed E-state index contributed by atoms with van der Waals surface area (Å²) in [6.07, 6.45) is 10.7. The van der Waals surface area contributed by atoms with E-state index in [0.717, 1.165) is 43.8 Å². The standard InChI is InChI=1S/C29H37O3P.3CH4.3H2S/c1-5-15-29(31)16-14-26-24-12-8-20-17-21(30)9-13-23(20)27(24)25(18-28(26,29)2)19-6-10-22(11-7-19)33(3,4)32;;;;;;/h5-7,10-11,17,24-26,31H,1,8-9,12-16,18H2,2-4H3;3*1H4;3*1H2/t24-,25+,26-,28-,29-;;;;;;/m0....../s1. The number of rotatable bonds is 4. The van der Waals surface area contributed by atoms with E-state index in [1.165, 1.54) is 22.3 Å². The topological polar surface area (TPSA) is 54.4 Å². The van der Waals surface area contributed by atoms with Crippen LogP contribution in [0.3, 0.4) is 0 Å². The Balaban J connectivity index is 0. The Morgan fingerprint density at radius 3 is 2.21 bits per heavy atom. The first-order chi connectivity index (χ1) is 15.6. The van der Waals surface area contributed by atoms with Gasteiger partial charge in [0.05, 0.1) is 5.60 Å². The summed E-state index contributed by atoms with van der Waals surface area (Å²) in [5.41, 5.74) is 4.59. The number of aliphatic hydroxyl groups is 1. The number of fused-ring (bicyclic) bond motifs is 4. The molecule has 0 bridgehead atoms. The molecule has 5 rings (SSSR count). The Bertz CT molecular complexity index is 1120. The third kappa shape index (κ3) is 6.72. The zero-order chi connectivity index (χ0) is 23.6. The molecule has 0 radical (unpaired) electrons. The molecule has 1 aromatic rings. The molecule has 0 aliphatic heterocycles. The number of hydrogen-bond acceptors (Lipinski definition) is 3. The Kier molecular flexibility index (Phi) is 15.0. The van der Waals surface area contributed by atoms with E-state index >= 15 is 0 Å². The van der Waals surface area contributed by atoms with Gasteiger partial charge < -0.3 is 9.67 Å². The monoisotopic (exact) mass is 614 g/mol. The molecule has 2 fully saturated rings. The van der Waals surface area contributed by atoms with Gasteiger partial charge in [0, 0.05) is 23.1 Å². The van der Waals surface area contributed by atoms with Crippen LogP contribution in [0.1, 0.15) is 92.1 Å². The van der Waals surface area contributed by atoms with Gasteiger partial charge >= 0.3 is 0 Å². The molecule has 4 aliphatic rings. The molecule has 7 heteroatoms.